The lowest BCUT2D eigenvalue weighted by Gasteiger charge is -2.29. The second-order valence-electron chi connectivity index (χ2n) is 7.59. The number of nitrogens with one attached hydrogen (secondary N) is 2. The van der Waals surface area contributed by atoms with E-state index in [4.69, 9.17) is 14.0 Å². The zero-order chi connectivity index (χ0) is 24.6. The Balaban J connectivity index is 1.43. The van der Waals surface area contributed by atoms with Gasteiger partial charge in [-0.1, -0.05) is 65.8 Å². The molecule has 10 heteroatoms. The third kappa shape index (κ3) is 5.91. The van der Waals surface area contributed by atoms with E-state index in [1.54, 1.807) is 31.2 Å². The van der Waals surface area contributed by atoms with Gasteiger partial charge >= 0.3 is 18.0 Å². The predicted octanol–water partition coefficient (Wildman–Crippen LogP) is 3.08. The topological polar surface area (TPSA) is 133 Å². The highest BCUT2D eigenvalue weighted by atomic mass is 16.5. The molecule has 0 bridgehead atoms. The minimum atomic E-state index is -0.743. The van der Waals surface area contributed by atoms with Gasteiger partial charge < -0.3 is 24.6 Å². The number of rotatable bonds is 9. The van der Waals surface area contributed by atoms with Crippen molar-refractivity contribution in [2.45, 2.75) is 25.8 Å². The molecular formula is C25H24N4O6. The lowest BCUT2D eigenvalue weighted by Crippen LogP contribution is -2.47. The number of urea groups is 1. The lowest BCUT2D eigenvalue weighted by atomic mass is 9.95. The van der Waals surface area contributed by atoms with Crippen LogP contribution in [0.2, 0.25) is 0 Å². The Hall–Kier alpha value is -4.47. The van der Waals surface area contributed by atoms with E-state index in [1.165, 1.54) is 0 Å². The molecule has 0 radical (unpaired) electrons. The van der Waals surface area contributed by atoms with Crippen LogP contribution in [0.1, 0.15) is 30.8 Å². The highest BCUT2D eigenvalue weighted by Crippen LogP contribution is 2.28. The summed E-state index contributed by atoms with van der Waals surface area (Å²) in [6.07, 6.45) is 0.162. The molecule has 2 heterocycles. The van der Waals surface area contributed by atoms with Crippen LogP contribution in [-0.2, 0) is 25.5 Å². The molecule has 0 fully saturated rings. The Kier molecular flexibility index (Phi) is 7.51. The summed E-state index contributed by atoms with van der Waals surface area (Å²) in [6.45, 7) is 1.54. The molecule has 1 atom stereocenters. The molecule has 35 heavy (non-hydrogen) atoms. The number of hydrogen-bond donors (Lipinski definition) is 2. The molecule has 180 valence electrons. The quantitative estimate of drug-likeness (QED) is 0.450. The Labute approximate surface area is 201 Å². The van der Waals surface area contributed by atoms with Crippen molar-refractivity contribution < 1.29 is 28.4 Å². The first kappa shape index (κ1) is 23.7. The minimum absolute atomic E-state index is 0.0211. The number of carbonyl (C=O) groups is 3. The van der Waals surface area contributed by atoms with E-state index in [2.05, 4.69) is 20.8 Å². The maximum atomic E-state index is 12.7. The molecule has 2 aromatic carbocycles. The van der Waals surface area contributed by atoms with E-state index in [-0.39, 0.29) is 37.3 Å². The zero-order valence-corrected chi connectivity index (χ0v) is 19.0. The molecule has 1 aromatic heterocycles. The number of amides is 2. The average Bonchev–Trinajstić information content (AvgIpc) is 3.36. The number of aryl methyl sites for hydroxylation is 1. The minimum Gasteiger partial charge on any atom is -0.463 e. The van der Waals surface area contributed by atoms with E-state index < -0.39 is 24.0 Å². The summed E-state index contributed by atoms with van der Waals surface area (Å²) in [5, 5.41) is 9.22. The normalized spacial score (nSPS) is 15.2. The SMILES string of the molecule is CCOC(=O)C1=C(COC(=O)CCc2nc(-c3ccccc3)no2)NC(=O)NC1c1ccccc1. The van der Waals surface area contributed by atoms with Gasteiger partial charge in [-0.2, -0.15) is 4.98 Å². The molecule has 2 amide bonds. The molecular weight excluding hydrogens is 452 g/mol. The fraction of sp³-hybridized carbons (Fsp3) is 0.240. The Morgan fingerprint density at radius 2 is 1.74 bits per heavy atom. The van der Waals surface area contributed by atoms with Crippen LogP contribution in [0.15, 0.2) is 76.5 Å². The maximum absolute atomic E-state index is 12.7. The molecule has 0 saturated carbocycles. The van der Waals surface area contributed by atoms with Gasteiger partial charge in [-0.3, -0.25) is 4.79 Å². The van der Waals surface area contributed by atoms with Crippen LogP contribution < -0.4 is 10.6 Å². The van der Waals surface area contributed by atoms with Crippen molar-refractivity contribution in [3.05, 3.63) is 83.4 Å². The highest BCUT2D eigenvalue weighted by Gasteiger charge is 2.34. The van der Waals surface area contributed by atoms with Gasteiger partial charge in [0.1, 0.15) is 6.61 Å². The number of carbonyl (C=O) groups excluding carboxylic acids is 3. The Bertz CT molecular complexity index is 1220. The van der Waals surface area contributed by atoms with Gasteiger partial charge in [0.15, 0.2) is 0 Å². The summed E-state index contributed by atoms with van der Waals surface area (Å²) >= 11 is 0. The summed E-state index contributed by atoms with van der Waals surface area (Å²) < 4.78 is 15.8. The number of esters is 2. The Morgan fingerprint density at radius 3 is 2.46 bits per heavy atom. The van der Waals surface area contributed by atoms with Crippen molar-refractivity contribution in [1.29, 1.82) is 0 Å². The Morgan fingerprint density at radius 1 is 1.03 bits per heavy atom. The monoisotopic (exact) mass is 476 g/mol. The van der Waals surface area contributed by atoms with E-state index >= 15 is 0 Å². The highest BCUT2D eigenvalue weighted by molar-refractivity contribution is 5.95. The van der Waals surface area contributed by atoms with Crippen molar-refractivity contribution in [3.63, 3.8) is 0 Å². The van der Waals surface area contributed by atoms with Crippen LogP contribution in [-0.4, -0.2) is 41.3 Å². The van der Waals surface area contributed by atoms with E-state index in [0.29, 0.717) is 17.3 Å². The van der Waals surface area contributed by atoms with Gasteiger partial charge in [-0.25, -0.2) is 9.59 Å². The van der Waals surface area contributed by atoms with E-state index in [1.807, 2.05) is 36.4 Å². The number of nitrogens with zero attached hydrogens (tertiary/aromatic N) is 2. The third-order valence-electron chi connectivity index (χ3n) is 5.20. The first-order valence-corrected chi connectivity index (χ1v) is 11.1. The fourth-order valence-corrected chi connectivity index (χ4v) is 3.57. The molecule has 0 spiro atoms. The molecule has 2 N–H and O–H groups in total. The summed E-state index contributed by atoms with van der Waals surface area (Å²) in [7, 11) is 0. The average molecular weight is 476 g/mol. The molecule has 1 aliphatic rings. The van der Waals surface area contributed by atoms with E-state index in [9.17, 15) is 14.4 Å². The largest absolute Gasteiger partial charge is 0.463 e. The second-order valence-corrected chi connectivity index (χ2v) is 7.59. The molecule has 10 nitrogen and oxygen atoms in total. The number of benzene rings is 2. The van der Waals surface area contributed by atoms with Gasteiger partial charge in [0.25, 0.3) is 0 Å². The smallest absolute Gasteiger partial charge is 0.338 e. The summed E-state index contributed by atoms with van der Waals surface area (Å²) in [5.41, 5.74) is 1.84. The van der Waals surface area contributed by atoms with Crippen LogP contribution >= 0.6 is 0 Å². The number of ether oxygens (including phenoxy) is 2. The van der Waals surface area contributed by atoms with Crippen LogP contribution in [0.3, 0.4) is 0 Å². The first-order valence-electron chi connectivity index (χ1n) is 11.1. The molecule has 0 aliphatic carbocycles. The van der Waals surface area contributed by atoms with Crippen molar-refractivity contribution in [3.8, 4) is 11.4 Å². The van der Waals surface area contributed by atoms with Gasteiger partial charge in [-0.05, 0) is 12.5 Å². The van der Waals surface area contributed by atoms with Gasteiger partial charge in [-0.15, -0.1) is 0 Å². The van der Waals surface area contributed by atoms with E-state index in [0.717, 1.165) is 5.56 Å². The number of aromatic nitrogens is 2. The summed E-state index contributed by atoms with van der Waals surface area (Å²) in [5.74, 6) is -0.433. The lowest BCUT2D eigenvalue weighted by molar-refractivity contribution is -0.143. The van der Waals surface area contributed by atoms with Gasteiger partial charge in [0.05, 0.1) is 30.3 Å². The zero-order valence-electron chi connectivity index (χ0n) is 19.0. The molecule has 0 saturated heterocycles. The number of hydrogen-bond acceptors (Lipinski definition) is 8. The fourth-order valence-electron chi connectivity index (χ4n) is 3.57. The third-order valence-corrected chi connectivity index (χ3v) is 5.20. The van der Waals surface area contributed by atoms with Crippen molar-refractivity contribution in [2.24, 2.45) is 0 Å². The summed E-state index contributed by atoms with van der Waals surface area (Å²) in [6, 6.07) is 17.1. The molecule has 4 rings (SSSR count). The van der Waals surface area contributed by atoms with Gasteiger partial charge in [0.2, 0.25) is 11.7 Å². The summed E-state index contributed by atoms with van der Waals surface area (Å²) in [4.78, 5) is 41.7. The van der Waals surface area contributed by atoms with Crippen LogP contribution in [0.25, 0.3) is 11.4 Å². The van der Waals surface area contributed by atoms with Crippen molar-refractivity contribution in [1.82, 2.24) is 20.8 Å². The molecule has 3 aromatic rings. The molecule has 1 aliphatic heterocycles. The second kappa shape index (κ2) is 11.1. The van der Waals surface area contributed by atoms with Crippen LogP contribution in [0.4, 0.5) is 4.79 Å². The first-order chi connectivity index (χ1) is 17.0. The van der Waals surface area contributed by atoms with Gasteiger partial charge in [0, 0.05) is 12.0 Å². The predicted molar refractivity (Wildman–Crippen MR) is 124 cm³/mol. The maximum Gasteiger partial charge on any atom is 0.338 e. The molecule has 1 unspecified atom stereocenters. The van der Waals surface area contributed by atoms with Crippen LogP contribution in [0, 0.1) is 0 Å². The van der Waals surface area contributed by atoms with Crippen LogP contribution in [0.5, 0.6) is 0 Å². The van der Waals surface area contributed by atoms with Crippen molar-refractivity contribution >= 4 is 18.0 Å². The standard InChI is InChI=1S/C25H24N4O6/c1-2-33-24(31)21-18(26-25(32)28-22(21)16-9-5-3-6-10-16)15-34-20(30)14-13-19-27-23(29-35-19)17-11-7-4-8-12-17/h3-12,22H,2,13-15H2,1H3,(H2,26,28,32). The van der Waals surface area contributed by atoms with Crippen molar-refractivity contribution in [2.75, 3.05) is 13.2 Å².